The van der Waals surface area contributed by atoms with Crippen LogP contribution < -0.4 is 4.74 Å². The fourth-order valence-corrected chi connectivity index (χ4v) is 3.29. The number of aliphatic hydroxyl groups is 1. The van der Waals surface area contributed by atoms with Gasteiger partial charge in [-0.3, -0.25) is 0 Å². The van der Waals surface area contributed by atoms with Crippen LogP contribution in [-0.2, 0) is 6.54 Å². The van der Waals surface area contributed by atoms with E-state index in [1.54, 1.807) is 0 Å². The zero-order valence-corrected chi connectivity index (χ0v) is 14.2. The summed E-state index contributed by atoms with van der Waals surface area (Å²) in [6.07, 6.45) is -0.648. The molecule has 0 amide bonds. The van der Waals surface area contributed by atoms with Crippen LogP contribution in [-0.4, -0.2) is 22.4 Å². The van der Waals surface area contributed by atoms with Crippen LogP contribution in [0.2, 0.25) is 0 Å². The van der Waals surface area contributed by atoms with Crippen molar-refractivity contribution in [2.24, 2.45) is 0 Å². The van der Waals surface area contributed by atoms with Gasteiger partial charge in [-0.15, -0.1) is 0 Å². The fourth-order valence-electron chi connectivity index (χ4n) is 3.29. The third-order valence-electron chi connectivity index (χ3n) is 4.48. The molecule has 0 radical (unpaired) electrons. The minimum atomic E-state index is -0.648. The molecule has 4 nitrogen and oxygen atoms in total. The fraction of sp³-hybridized carbons (Fsp3) is 0.136. The Kier molecular flexibility index (Phi) is 4.30. The number of hydrogen-bond acceptors (Lipinski definition) is 3. The van der Waals surface area contributed by atoms with E-state index in [1.807, 2.05) is 72.8 Å². The highest BCUT2D eigenvalue weighted by Crippen LogP contribution is 2.30. The highest BCUT2D eigenvalue weighted by Gasteiger charge is 2.14. The number of benzene rings is 3. The highest BCUT2D eigenvalue weighted by atomic mass is 16.5. The van der Waals surface area contributed by atoms with Gasteiger partial charge in [0, 0.05) is 21.8 Å². The minimum Gasteiger partial charge on any atom is -0.491 e. The molecule has 0 aliphatic rings. The third-order valence-corrected chi connectivity index (χ3v) is 4.48. The molecule has 4 heteroatoms. The van der Waals surface area contributed by atoms with E-state index in [4.69, 9.17) is 4.74 Å². The van der Waals surface area contributed by atoms with E-state index in [0.717, 1.165) is 27.6 Å². The van der Waals surface area contributed by atoms with Crippen molar-refractivity contribution in [3.63, 3.8) is 0 Å². The molecule has 0 bridgehead atoms. The molecule has 0 saturated carbocycles. The maximum atomic E-state index is 10.5. The van der Waals surface area contributed by atoms with Gasteiger partial charge in [0.2, 0.25) is 0 Å². The van der Waals surface area contributed by atoms with Crippen LogP contribution in [0.5, 0.6) is 5.75 Å². The van der Waals surface area contributed by atoms with Crippen molar-refractivity contribution in [1.29, 1.82) is 5.26 Å². The Bertz CT molecular complexity index is 1090. The smallest absolute Gasteiger partial charge is 0.119 e. The number of nitrogens with zero attached hydrogens (tertiary/aromatic N) is 2. The average Bonchev–Trinajstić information content (AvgIpc) is 3.00. The standard InChI is InChI=1S/C22H18N2O2/c23-13-16-10-11-22-20(12-16)19-8-4-5-9-21(19)24(22)14-17(25)15-26-18-6-2-1-3-7-18/h1-12,17,25H,14-15H2. The number of hydrogen-bond donors (Lipinski definition) is 1. The lowest BCUT2D eigenvalue weighted by Crippen LogP contribution is -2.23. The lowest BCUT2D eigenvalue weighted by Gasteiger charge is -2.15. The zero-order chi connectivity index (χ0) is 17.9. The second kappa shape index (κ2) is 6.91. The molecule has 26 heavy (non-hydrogen) atoms. The van der Waals surface area contributed by atoms with Gasteiger partial charge in [-0.25, -0.2) is 0 Å². The summed E-state index contributed by atoms with van der Waals surface area (Å²) in [5.74, 6) is 0.743. The van der Waals surface area contributed by atoms with Crippen molar-refractivity contribution in [2.75, 3.05) is 6.61 Å². The first-order valence-electron chi connectivity index (χ1n) is 8.53. The SMILES string of the molecule is N#Cc1ccc2c(c1)c1ccccc1n2CC(O)COc1ccccc1. The molecule has 0 aliphatic carbocycles. The molecule has 1 aromatic heterocycles. The van der Waals surface area contributed by atoms with Gasteiger partial charge in [0.05, 0.1) is 18.2 Å². The maximum Gasteiger partial charge on any atom is 0.119 e. The first kappa shape index (κ1) is 16.2. The molecule has 1 atom stereocenters. The number of fused-ring (bicyclic) bond motifs is 3. The number of ether oxygens (including phenoxy) is 1. The normalized spacial score (nSPS) is 12.2. The van der Waals surface area contributed by atoms with Crippen molar-refractivity contribution in [1.82, 2.24) is 4.57 Å². The summed E-state index contributed by atoms with van der Waals surface area (Å²) in [4.78, 5) is 0. The Hall–Kier alpha value is -3.29. The summed E-state index contributed by atoms with van der Waals surface area (Å²) >= 11 is 0. The van der Waals surface area contributed by atoms with Crippen LogP contribution in [0.25, 0.3) is 21.8 Å². The number of aliphatic hydroxyl groups excluding tert-OH is 1. The van der Waals surface area contributed by atoms with Crippen LogP contribution >= 0.6 is 0 Å². The molecular weight excluding hydrogens is 324 g/mol. The van der Waals surface area contributed by atoms with E-state index in [1.165, 1.54) is 0 Å². The van der Waals surface area contributed by atoms with Gasteiger partial charge in [0.1, 0.15) is 18.5 Å². The van der Waals surface area contributed by atoms with Crippen LogP contribution in [0.1, 0.15) is 5.56 Å². The molecule has 0 saturated heterocycles. The summed E-state index contributed by atoms with van der Waals surface area (Å²) in [6.45, 7) is 0.636. The Balaban J connectivity index is 1.65. The molecule has 4 aromatic rings. The maximum absolute atomic E-state index is 10.5. The summed E-state index contributed by atoms with van der Waals surface area (Å²) in [7, 11) is 0. The van der Waals surface area contributed by atoms with Gasteiger partial charge < -0.3 is 14.4 Å². The number of para-hydroxylation sites is 2. The van der Waals surface area contributed by atoms with Gasteiger partial charge in [-0.05, 0) is 36.4 Å². The first-order chi connectivity index (χ1) is 12.8. The molecule has 4 rings (SSSR count). The molecular formula is C22H18N2O2. The summed E-state index contributed by atoms with van der Waals surface area (Å²) in [5.41, 5.74) is 2.67. The molecule has 1 unspecified atom stereocenters. The number of nitriles is 1. The zero-order valence-electron chi connectivity index (χ0n) is 14.2. The summed E-state index contributed by atoms with van der Waals surface area (Å²) in [5, 5.41) is 21.8. The van der Waals surface area contributed by atoms with E-state index in [2.05, 4.69) is 10.6 Å². The molecule has 128 valence electrons. The molecule has 1 N–H and O–H groups in total. The largest absolute Gasteiger partial charge is 0.491 e. The Labute approximate surface area is 151 Å². The van der Waals surface area contributed by atoms with Crippen molar-refractivity contribution >= 4 is 21.8 Å². The predicted octanol–water partition coefficient (Wildman–Crippen LogP) is 4.11. The molecule has 0 spiro atoms. The van der Waals surface area contributed by atoms with Crippen molar-refractivity contribution < 1.29 is 9.84 Å². The predicted molar refractivity (Wildman–Crippen MR) is 102 cm³/mol. The van der Waals surface area contributed by atoms with E-state index in [0.29, 0.717) is 12.1 Å². The summed E-state index contributed by atoms with van der Waals surface area (Å²) < 4.78 is 7.76. The second-order valence-electron chi connectivity index (χ2n) is 6.25. The van der Waals surface area contributed by atoms with Gasteiger partial charge in [0.25, 0.3) is 0 Å². The van der Waals surface area contributed by atoms with Crippen LogP contribution in [0.4, 0.5) is 0 Å². The van der Waals surface area contributed by atoms with Crippen molar-refractivity contribution in [2.45, 2.75) is 12.6 Å². The van der Waals surface area contributed by atoms with Gasteiger partial charge in [-0.2, -0.15) is 5.26 Å². The first-order valence-corrected chi connectivity index (χ1v) is 8.53. The van der Waals surface area contributed by atoms with Crippen molar-refractivity contribution in [3.8, 4) is 11.8 Å². The van der Waals surface area contributed by atoms with Gasteiger partial charge in [-0.1, -0.05) is 36.4 Å². The van der Waals surface area contributed by atoms with Crippen molar-refractivity contribution in [3.05, 3.63) is 78.4 Å². The number of rotatable bonds is 5. The Morgan fingerprint density at radius 3 is 2.46 bits per heavy atom. The lowest BCUT2D eigenvalue weighted by molar-refractivity contribution is 0.0945. The topological polar surface area (TPSA) is 58.2 Å². The van der Waals surface area contributed by atoms with Crippen LogP contribution in [0.15, 0.2) is 72.8 Å². The number of aromatic nitrogens is 1. The molecule has 0 aliphatic heterocycles. The van der Waals surface area contributed by atoms with E-state index in [-0.39, 0.29) is 6.61 Å². The van der Waals surface area contributed by atoms with E-state index < -0.39 is 6.10 Å². The quantitative estimate of drug-likeness (QED) is 0.594. The van der Waals surface area contributed by atoms with Gasteiger partial charge >= 0.3 is 0 Å². The molecule has 3 aromatic carbocycles. The molecule has 0 fully saturated rings. The average molecular weight is 342 g/mol. The Morgan fingerprint density at radius 1 is 0.923 bits per heavy atom. The van der Waals surface area contributed by atoms with Gasteiger partial charge in [0.15, 0.2) is 0 Å². The highest BCUT2D eigenvalue weighted by molar-refractivity contribution is 6.08. The van der Waals surface area contributed by atoms with Crippen LogP contribution in [0.3, 0.4) is 0 Å². The van der Waals surface area contributed by atoms with Crippen LogP contribution in [0, 0.1) is 11.3 Å². The third kappa shape index (κ3) is 3.01. The minimum absolute atomic E-state index is 0.217. The second-order valence-corrected chi connectivity index (χ2v) is 6.25. The molecule has 1 heterocycles. The Morgan fingerprint density at radius 2 is 1.65 bits per heavy atom. The lowest BCUT2D eigenvalue weighted by atomic mass is 10.1. The van der Waals surface area contributed by atoms with E-state index >= 15 is 0 Å². The van der Waals surface area contributed by atoms with E-state index in [9.17, 15) is 10.4 Å². The monoisotopic (exact) mass is 342 g/mol. The summed E-state index contributed by atoms with van der Waals surface area (Å²) in [6, 6.07) is 25.4.